The molecule has 0 aliphatic carbocycles. The van der Waals surface area contributed by atoms with Gasteiger partial charge in [-0.15, -0.1) is 0 Å². The van der Waals surface area contributed by atoms with Gasteiger partial charge in [0.25, 0.3) is 5.91 Å². The number of nitrogens with one attached hydrogen (secondary N) is 3. The predicted octanol–water partition coefficient (Wildman–Crippen LogP) is 0.493. The maximum atomic E-state index is 12.0. The Morgan fingerprint density at radius 2 is 1.91 bits per heavy atom. The number of amides is 3. The van der Waals surface area contributed by atoms with Gasteiger partial charge in [-0.25, -0.2) is 0 Å². The quantitative estimate of drug-likeness (QED) is 0.584. The molecule has 22 heavy (non-hydrogen) atoms. The highest BCUT2D eigenvalue weighted by atomic mass is 35.5. The van der Waals surface area contributed by atoms with Gasteiger partial charge in [0.15, 0.2) is 0 Å². The first-order chi connectivity index (χ1) is 10.5. The summed E-state index contributed by atoms with van der Waals surface area (Å²) in [6, 6.07) is 4.57. The van der Waals surface area contributed by atoms with E-state index in [1.54, 1.807) is 6.07 Å². The average molecular weight is 327 g/mol. The lowest BCUT2D eigenvalue weighted by molar-refractivity contribution is -0.123. The number of anilines is 1. The molecule has 8 heteroatoms. The van der Waals surface area contributed by atoms with Crippen molar-refractivity contribution in [3.63, 3.8) is 0 Å². The summed E-state index contributed by atoms with van der Waals surface area (Å²) in [5, 5.41) is 7.99. The van der Waals surface area contributed by atoms with Gasteiger partial charge >= 0.3 is 0 Å². The van der Waals surface area contributed by atoms with Gasteiger partial charge in [0.1, 0.15) is 0 Å². The largest absolute Gasteiger partial charge is 0.352 e. The Morgan fingerprint density at radius 3 is 2.55 bits per heavy atom. The summed E-state index contributed by atoms with van der Waals surface area (Å²) in [5.74, 6) is -1.23. The third-order valence-corrected chi connectivity index (χ3v) is 2.90. The standard InChI is InChI=1S/C14H19ClN4O3/c1-2-5-17-14(22)10-4-3-9(15)6-11(10)19-13(21)8-18-12(20)7-16/h3-4,6H,2,5,7-8,16H2,1H3,(H,17,22)(H,18,20)(H,19,21). The van der Waals surface area contributed by atoms with E-state index in [4.69, 9.17) is 17.3 Å². The van der Waals surface area contributed by atoms with Crippen LogP contribution in [-0.2, 0) is 9.59 Å². The number of halogens is 1. The zero-order valence-electron chi connectivity index (χ0n) is 12.2. The van der Waals surface area contributed by atoms with E-state index in [2.05, 4.69) is 16.0 Å². The van der Waals surface area contributed by atoms with Gasteiger partial charge < -0.3 is 21.7 Å². The van der Waals surface area contributed by atoms with E-state index in [9.17, 15) is 14.4 Å². The fourth-order valence-corrected chi connectivity index (χ4v) is 1.77. The second-order valence-corrected chi connectivity index (χ2v) is 4.91. The van der Waals surface area contributed by atoms with Crippen LogP contribution in [0.4, 0.5) is 5.69 Å². The summed E-state index contributed by atoms with van der Waals surface area (Å²) in [7, 11) is 0. The number of hydrogen-bond donors (Lipinski definition) is 4. The van der Waals surface area contributed by atoms with Crippen molar-refractivity contribution in [3.8, 4) is 0 Å². The Hall–Kier alpha value is -2.12. The molecule has 1 aromatic rings. The summed E-state index contributed by atoms with van der Waals surface area (Å²) in [4.78, 5) is 34.8. The SMILES string of the molecule is CCCNC(=O)c1ccc(Cl)cc1NC(=O)CNC(=O)CN. The highest BCUT2D eigenvalue weighted by Crippen LogP contribution is 2.21. The van der Waals surface area contributed by atoms with Crippen LogP contribution in [0.2, 0.25) is 5.02 Å². The van der Waals surface area contributed by atoms with Crippen LogP contribution in [0.5, 0.6) is 0 Å². The molecule has 1 rings (SSSR count). The molecule has 120 valence electrons. The maximum Gasteiger partial charge on any atom is 0.253 e. The first-order valence-electron chi connectivity index (χ1n) is 6.82. The first-order valence-corrected chi connectivity index (χ1v) is 7.20. The van der Waals surface area contributed by atoms with Crippen LogP contribution >= 0.6 is 11.6 Å². The zero-order chi connectivity index (χ0) is 16.5. The van der Waals surface area contributed by atoms with E-state index in [-0.39, 0.29) is 24.7 Å². The van der Waals surface area contributed by atoms with Crippen LogP contribution < -0.4 is 21.7 Å². The van der Waals surface area contributed by atoms with Crippen molar-refractivity contribution >= 4 is 35.0 Å². The molecule has 0 radical (unpaired) electrons. The second-order valence-electron chi connectivity index (χ2n) is 4.47. The lowest BCUT2D eigenvalue weighted by atomic mass is 10.1. The van der Waals surface area contributed by atoms with Crippen LogP contribution in [0.3, 0.4) is 0 Å². The fourth-order valence-electron chi connectivity index (χ4n) is 1.60. The van der Waals surface area contributed by atoms with Crippen molar-refractivity contribution in [1.82, 2.24) is 10.6 Å². The molecule has 0 bridgehead atoms. The van der Waals surface area contributed by atoms with Gasteiger partial charge in [-0.1, -0.05) is 18.5 Å². The molecular formula is C14H19ClN4O3. The van der Waals surface area contributed by atoms with Crippen molar-refractivity contribution in [2.45, 2.75) is 13.3 Å². The number of rotatable bonds is 7. The van der Waals surface area contributed by atoms with Crippen LogP contribution in [0, 0.1) is 0 Å². The molecule has 0 saturated carbocycles. The average Bonchev–Trinajstić information content (AvgIpc) is 2.50. The minimum Gasteiger partial charge on any atom is -0.352 e. The zero-order valence-corrected chi connectivity index (χ0v) is 13.0. The van der Waals surface area contributed by atoms with E-state index in [1.807, 2.05) is 6.92 Å². The topological polar surface area (TPSA) is 113 Å². The van der Waals surface area contributed by atoms with E-state index in [1.165, 1.54) is 12.1 Å². The lowest BCUT2D eigenvalue weighted by Gasteiger charge is -2.12. The molecule has 1 aromatic carbocycles. The molecule has 5 N–H and O–H groups in total. The Balaban J connectivity index is 2.79. The van der Waals surface area contributed by atoms with Crippen molar-refractivity contribution < 1.29 is 14.4 Å². The third kappa shape index (κ3) is 5.71. The summed E-state index contributed by atoms with van der Waals surface area (Å²) < 4.78 is 0. The third-order valence-electron chi connectivity index (χ3n) is 2.67. The van der Waals surface area contributed by atoms with Gasteiger partial charge in [0.2, 0.25) is 11.8 Å². The minimum atomic E-state index is -0.478. The van der Waals surface area contributed by atoms with Gasteiger partial charge in [-0.3, -0.25) is 14.4 Å². The van der Waals surface area contributed by atoms with Gasteiger partial charge in [0.05, 0.1) is 24.3 Å². The monoisotopic (exact) mass is 326 g/mol. The summed E-state index contributed by atoms with van der Waals surface area (Å²) in [5.41, 5.74) is 5.71. The molecule has 0 unspecified atom stereocenters. The molecule has 0 aliphatic rings. The van der Waals surface area contributed by atoms with Gasteiger partial charge in [0, 0.05) is 11.6 Å². The molecule has 7 nitrogen and oxygen atoms in total. The number of benzene rings is 1. The Kier molecular flexibility index (Phi) is 7.34. The summed E-state index contributed by atoms with van der Waals surface area (Å²) in [6.45, 7) is 2.03. The Bertz CT molecular complexity index is 563. The number of hydrogen-bond acceptors (Lipinski definition) is 4. The van der Waals surface area contributed by atoms with Crippen LogP contribution in [0.1, 0.15) is 23.7 Å². The van der Waals surface area contributed by atoms with Gasteiger partial charge in [-0.05, 0) is 24.6 Å². The number of carbonyl (C=O) groups excluding carboxylic acids is 3. The second kappa shape index (κ2) is 9.01. The normalized spacial score (nSPS) is 9.95. The van der Waals surface area contributed by atoms with Crippen molar-refractivity contribution in [2.75, 3.05) is 25.0 Å². The molecule has 0 aliphatic heterocycles. The first kappa shape index (κ1) is 17.9. The maximum absolute atomic E-state index is 12.0. The predicted molar refractivity (Wildman–Crippen MR) is 84.8 cm³/mol. The van der Waals surface area contributed by atoms with E-state index in [0.717, 1.165) is 6.42 Å². The fraction of sp³-hybridized carbons (Fsp3) is 0.357. The molecule has 0 spiro atoms. The number of nitrogens with two attached hydrogens (primary N) is 1. The van der Waals surface area contributed by atoms with E-state index < -0.39 is 11.8 Å². The molecular weight excluding hydrogens is 308 g/mol. The Morgan fingerprint density at radius 1 is 1.18 bits per heavy atom. The molecule has 0 fully saturated rings. The molecule has 3 amide bonds. The van der Waals surface area contributed by atoms with Crippen molar-refractivity contribution in [3.05, 3.63) is 28.8 Å². The van der Waals surface area contributed by atoms with Crippen LogP contribution in [0.15, 0.2) is 18.2 Å². The van der Waals surface area contributed by atoms with Crippen LogP contribution in [0.25, 0.3) is 0 Å². The smallest absolute Gasteiger partial charge is 0.253 e. The lowest BCUT2D eigenvalue weighted by Crippen LogP contribution is -2.37. The minimum absolute atomic E-state index is 0.199. The van der Waals surface area contributed by atoms with E-state index in [0.29, 0.717) is 17.1 Å². The van der Waals surface area contributed by atoms with Crippen LogP contribution in [-0.4, -0.2) is 37.4 Å². The molecule has 0 atom stereocenters. The molecule has 0 heterocycles. The molecule has 0 aromatic heterocycles. The summed E-state index contributed by atoms with van der Waals surface area (Å²) >= 11 is 5.89. The highest BCUT2D eigenvalue weighted by molar-refractivity contribution is 6.31. The van der Waals surface area contributed by atoms with E-state index >= 15 is 0 Å². The number of carbonyl (C=O) groups is 3. The summed E-state index contributed by atoms with van der Waals surface area (Å²) in [6.07, 6.45) is 0.798. The van der Waals surface area contributed by atoms with Crippen molar-refractivity contribution in [1.29, 1.82) is 0 Å². The highest BCUT2D eigenvalue weighted by Gasteiger charge is 2.14. The van der Waals surface area contributed by atoms with Gasteiger partial charge in [-0.2, -0.15) is 0 Å². The molecule has 0 saturated heterocycles. The Labute approximate surface area is 133 Å². The van der Waals surface area contributed by atoms with Crippen molar-refractivity contribution in [2.24, 2.45) is 5.73 Å².